The lowest BCUT2D eigenvalue weighted by atomic mass is 10.0. The highest BCUT2D eigenvalue weighted by Gasteiger charge is 2.20. The van der Waals surface area contributed by atoms with Gasteiger partial charge in [0.25, 0.3) is 0 Å². The first kappa shape index (κ1) is 19.2. The largest absolute Gasteiger partial charge is 0.301 e. The molecule has 1 N–H and O–H groups in total. The van der Waals surface area contributed by atoms with Crippen LogP contribution in [0.1, 0.15) is 5.56 Å². The van der Waals surface area contributed by atoms with Gasteiger partial charge in [0.15, 0.2) is 5.13 Å². The van der Waals surface area contributed by atoms with E-state index in [0.717, 1.165) is 42.9 Å². The number of thiazole rings is 1. The number of nitrogens with one attached hydrogen (secondary N) is 1. The van der Waals surface area contributed by atoms with Crippen LogP contribution >= 0.6 is 11.3 Å². The van der Waals surface area contributed by atoms with Gasteiger partial charge in [0.1, 0.15) is 0 Å². The number of para-hydroxylation sites is 1. The smallest absolute Gasteiger partial charge is 0.240 e. The minimum absolute atomic E-state index is 0.0107. The maximum atomic E-state index is 12.5. The number of nitrogens with zero attached hydrogens (tertiary/aromatic N) is 3. The number of aromatic nitrogens is 1. The number of hydrogen-bond acceptors (Lipinski definition) is 5. The summed E-state index contributed by atoms with van der Waals surface area (Å²) in [7, 11) is 0. The zero-order chi connectivity index (χ0) is 20.3. The van der Waals surface area contributed by atoms with E-state index < -0.39 is 0 Å². The van der Waals surface area contributed by atoms with Crippen molar-refractivity contribution in [2.24, 2.45) is 0 Å². The Bertz CT molecular complexity index is 1140. The van der Waals surface area contributed by atoms with Crippen LogP contribution in [0.3, 0.4) is 0 Å². The van der Waals surface area contributed by atoms with Crippen molar-refractivity contribution in [1.29, 1.82) is 0 Å². The van der Waals surface area contributed by atoms with Gasteiger partial charge in [-0.15, -0.1) is 0 Å². The van der Waals surface area contributed by atoms with Crippen LogP contribution in [0.25, 0.3) is 21.0 Å². The minimum Gasteiger partial charge on any atom is -0.301 e. The Hall–Kier alpha value is -2.80. The summed E-state index contributed by atoms with van der Waals surface area (Å²) in [6.45, 7) is 5.11. The molecule has 0 saturated carbocycles. The van der Waals surface area contributed by atoms with Crippen molar-refractivity contribution in [2.45, 2.75) is 6.54 Å². The highest BCUT2D eigenvalue weighted by molar-refractivity contribution is 7.22. The van der Waals surface area contributed by atoms with Gasteiger partial charge in [-0.3, -0.25) is 14.6 Å². The Balaban J connectivity index is 1.14. The van der Waals surface area contributed by atoms with Crippen molar-refractivity contribution in [3.8, 4) is 0 Å². The summed E-state index contributed by atoms with van der Waals surface area (Å²) in [6.07, 6.45) is 0. The molecule has 5 nitrogen and oxygen atoms in total. The number of hydrogen-bond donors (Lipinski definition) is 1. The Labute approximate surface area is 179 Å². The molecule has 0 atom stereocenters. The highest BCUT2D eigenvalue weighted by Crippen LogP contribution is 2.25. The number of amides is 1. The van der Waals surface area contributed by atoms with Gasteiger partial charge in [-0.25, -0.2) is 4.98 Å². The Kier molecular flexibility index (Phi) is 5.45. The lowest BCUT2D eigenvalue weighted by molar-refractivity contribution is -0.117. The normalized spacial score (nSPS) is 15.6. The topological polar surface area (TPSA) is 48.5 Å². The first-order chi connectivity index (χ1) is 14.7. The van der Waals surface area contributed by atoms with Gasteiger partial charge in [0.05, 0.1) is 16.8 Å². The number of benzene rings is 3. The maximum Gasteiger partial charge on any atom is 0.240 e. The third kappa shape index (κ3) is 4.21. The summed E-state index contributed by atoms with van der Waals surface area (Å²) in [4.78, 5) is 21.7. The maximum absolute atomic E-state index is 12.5. The fourth-order valence-electron chi connectivity index (χ4n) is 4.06. The SMILES string of the molecule is O=C(CN1CCN(Cc2cccc3ccccc23)CC1)Nc1nc2ccccc2s1. The zero-order valence-corrected chi connectivity index (χ0v) is 17.6. The fraction of sp³-hybridized carbons (Fsp3) is 0.250. The third-order valence-electron chi connectivity index (χ3n) is 5.65. The van der Waals surface area contributed by atoms with E-state index in [1.165, 1.54) is 27.7 Å². The number of carbonyl (C=O) groups is 1. The molecule has 0 spiro atoms. The summed E-state index contributed by atoms with van der Waals surface area (Å²) in [5, 5.41) is 6.26. The van der Waals surface area contributed by atoms with Crippen LogP contribution in [0, 0.1) is 0 Å². The molecule has 1 aliphatic heterocycles. The van der Waals surface area contributed by atoms with Crippen LogP contribution in [0.15, 0.2) is 66.7 Å². The molecule has 30 heavy (non-hydrogen) atoms. The molecular weight excluding hydrogens is 392 g/mol. The van der Waals surface area contributed by atoms with Gasteiger partial charge >= 0.3 is 0 Å². The summed E-state index contributed by atoms with van der Waals surface area (Å²) >= 11 is 1.52. The van der Waals surface area contributed by atoms with Crippen molar-refractivity contribution in [3.05, 3.63) is 72.3 Å². The summed E-state index contributed by atoms with van der Waals surface area (Å²) in [5.74, 6) is 0.0107. The van der Waals surface area contributed by atoms with Gasteiger partial charge in [-0.2, -0.15) is 0 Å². The molecular formula is C24H24N4OS. The molecule has 2 heterocycles. The standard InChI is InChI=1S/C24H24N4OS/c29-23(26-24-25-21-10-3-4-11-22(21)30-24)17-28-14-12-27(13-15-28)16-19-8-5-7-18-6-1-2-9-20(18)19/h1-11H,12-17H2,(H,25,26,29). The van der Waals surface area contributed by atoms with Crippen LogP contribution in [-0.2, 0) is 11.3 Å². The van der Waals surface area contributed by atoms with Gasteiger partial charge in [-0.1, -0.05) is 65.9 Å². The molecule has 0 unspecified atom stereocenters. The Morgan fingerprint density at radius 1 is 0.900 bits per heavy atom. The highest BCUT2D eigenvalue weighted by atomic mass is 32.1. The Morgan fingerprint density at radius 2 is 1.63 bits per heavy atom. The number of rotatable bonds is 5. The van der Waals surface area contributed by atoms with E-state index in [2.05, 4.69) is 62.6 Å². The van der Waals surface area contributed by atoms with Crippen molar-refractivity contribution >= 4 is 43.4 Å². The second-order valence-corrected chi connectivity index (χ2v) is 8.76. The van der Waals surface area contributed by atoms with Crippen molar-refractivity contribution in [3.63, 3.8) is 0 Å². The average molecular weight is 417 g/mol. The minimum atomic E-state index is 0.0107. The third-order valence-corrected chi connectivity index (χ3v) is 6.60. The molecule has 4 aromatic rings. The number of fused-ring (bicyclic) bond motifs is 2. The van der Waals surface area contributed by atoms with Gasteiger partial charge < -0.3 is 5.32 Å². The molecule has 1 amide bonds. The van der Waals surface area contributed by atoms with Gasteiger partial charge in [-0.05, 0) is 28.5 Å². The number of anilines is 1. The molecule has 5 rings (SSSR count). The zero-order valence-electron chi connectivity index (χ0n) is 16.8. The molecule has 0 radical (unpaired) electrons. The predicted molar refractivity (Wildman–Crippen MR) is 124 cm³/mol. The molecule has 152 valence electrons. The molecule has 1 aliphatic rings. The molecule has 0 bridgehead atoms. The van der Waals surface area contributed by atoms with Crippen molar-refractivity contribution in [2.75, 3.05) is 38.0 Å². The first-order valence-electron chi connectivity index (χ1n) is 10.3. The Morgan fingerprint density at radius 3 is 2.50 bits per heavy atom. The van der Waals surface area contributed by atoms with E-state index >= 15 is 0 Å². The van der Waals surface area contributed by atoms with Crippen molar-refractivity contribution < 1.29 is 4.79 Å². The van der Waals surface area contributed by atoms with Crippen LogP contribution in [0.5, 0.6) is 0 Å². The lowest BCUT2D eigenvalue weighted by Gasteiger charge is -2.34. The average Bonchev–Trinajstić information content (AvgIpc) is 3.17. The van der Waals surface area contributed by atoms with Crippen LogP contribution in [0.4, 0.5) is 5.13 Å². The monoisotopic (exact) mass is 416 g/mol. The van der Waals surface area contributed by atoms with E-state index in [0.29, 0.717) is 11.7 Å². The molecule has 6 heteroatoms. The van der Waals surface area contributed by atoms with E-state index in [1.807, 2.05) is 24.3 Å². The second-order valence-electron chi connectivity index (χ2n) is 7.73. The fourth-order valence-corrected chi connectivity index (χ4v) is 4.95. The number of piperazine rings is 1. The van der Waals surface area contributed by atoms with E-state index in [-0.39, 0.29) is 5.91 Å². The molecule has 1 fully saturated rings. The predicted octanol–water partition coefficient (Wildman–Crippen LogP) is 4.21. The van der Waals surface area contributed by atoms with Crippen LogP contribution in [-0.4, -0.2) is 53.4 Å². The van der Waals surface area contributed by atoms with Gasteiger partial charge in [0, 0.05) is 32.7 Å². The van der Waals surface area contributed by atoms with Gasteiger partial charge in [0.2, 0.25) is 5.91 Å². The van der Waals surface area contributed by atoms with E-state index in [9.17, 15) is 4.79 Å². The molecule has 1 saturated heterocycles. The quantitative estimate of drug-likeness (QED) is 0.530. The summed E-state index contributed by atoms with van der Waals surface area (Å²) in [6, 6.07) is 23.0. The molecule has 0 aliphatic carbocycles. The lowest BCUT2D eigenvalue weighted by Crippen LogP contribution is -2.48. The van der Waals surface area contributed by atoms with E-state index in [4.69, 9.17) is 0 Å². The number of carbonyl (C=O) groups excluding carboxylic acids is 1. The molecule has 3 aromatic carbocycles. The summed E-state index contributed by atoms with van der Waals surface area (Å²) < 4.78 is 1.09. The molecule has 1 aromatic heterocycles. The first-order valence-corrected chi connectivity index (χ1v) is 11.1. The van der Waals surface area contributed by atoms with Crippen molar-refractivity contribution in [1.82, 2.24) is 14.8 Å². The second kappa shape index (κ2) is 8.52. The van der Waals surface area contributed by atoms with Crippen LogP contribution in [0.2, 0.25) is 0 Å². The van der Waals surface area contributed by atoms with E-state index in [1.54, 1.807) is 0 Å². The summed E-state index contributed by atoms with van der Waals surface area (Å²) in [5.41, 5.74) is 2.30. The van der Waals surface area contributed by atoms with Crippen LogP contribution < -0.4 is 5.32 Å².